The quantitative estimate of drug-likeness (QED) is 0.718. The molecule has 3 rings (SSSR count). The normalized spacial score (nSPS) is 28.6. The van der Waals surface area contributed by atoms with Gasteiger partial charge in [-0.1, -0.05) is 0 Å². The maximum Gasteiger partial charge on any atom is 0.225 e. The molecule has 2 atom stereocenters. The van der Waals surface area contributed by atoms with Crippen LogP contribution in [0.3, 0.4) is 0 Å². The van der Waals surface area contributed by atoms with Crippen LogP contribution in [0.4, 0.5) is 0 Å². The number of carbonyl (C=O) groups excluding carboxylic acids is 2. The molecule has 0 aromatic heterocycles. The molecule has 2 saturated carbocycles. The molecule has 1 aliphatic heterocycles. The molecule has 2 amide bonds. The van der Waals surface area contributed by atoms with Crippen molar-refractivity contribution in [2.24, 2.45) is 17.8 Å². The fourth-order valence-electron chi connectivity index (χ4n) is 2.73. The zero-order chi connectivity index (χ0) is 13.4. The van der Waals surface area contributed by atoms with Crippen LogP contribution in [0.2, 0.25) is 0 Å². The molecule has 0 bridgehead atoms. The lowest BCUT2D eigenvalue weighted by molar-refractivity contribution is -0.129. The van der Waals surface area contributed by atoms with Crippen LogP contribution >= 0.6 is 0 Å². The summed E-state index contributed by atoms with van der Waals surface area (Å²) >= 11 is 0. The first kappa shape index (κ1) is 12.9. The fourth-order valence-corrected chi connectivity index (χ4v) is 2.73. The summed E-state index contributed by atoms with van der Waals surface area (Å²) in [6, 6.07) is 0. The van der Waals surface area contributed by atoms with E-state index in [2.05, 4.69) is 5.32 Å². The van der Waals surface area contributed by atoms with Crippen LogP contribution in [-0.2, 0) is 9.59 Å². The predicted octanol–water partition coefficient (Wildman–Crippen LogP) is 0.132. The lowest BCUT2D eigenvalue weighted by Gasteiger charge is -2.16. The zero-order valence-corrected chi connectivity index (χ0v) is 11.2. The van der Waals surface area contributed by atoms with Crippen LogP contribution in [0, 0.1) is 17.8 Å². The maximum atomic E-state index is 12.0. The van der Waals surface area contributed by atoms with Gasteiger partial charge in [0.1, 0.15) is 0 Å². The first-order chi connectivity index (χ1) is 9.13. The number of rotatable bonds is 6. The van der Waals surface area contributed by atoms with Gasteiger partial charge in [-0.3, -0.25) is 9.59 Å². The zero-order valence-electron chi connectivity index (χ0n) is 11.2. The fraction of sp³-hybridized carbons (Fsp3) is 0.857. The van der Waals surface area contributed by atoms with Gasteiger partial charge in [0.25, 0.3) is 0 Å². The van der Waals surface area contributed by atoms with E-state index in [1.54, 1.807) is 0 Å². The van der Waals surface area contributed by atoms with E-state index in [-0.39, 0.29) is 17.7 Å². The number of aliphatic hydroxyl groups excluding tert-OH is 1. The predicted molar refractivity (Wildman–Crippen MR) is 69.2 cm³/mol. The lowest BCUT2D eigenvalue weighted by atomic mass is 10.1. The van der Waals surface area contributed by atoms with E-state index in [4.69, 9.17) is 0 Å². The van der Waals surface area contributed by atoms with Crippen molar-refractivity contribution in [1.82, 2.24) is 10.2 Å². The maximum absolute atomic E-state index is 12.0. The van der Waals surface area contributed by atoms with Crippen molar-refractivity contribution in [2.75, 3.05) is 19.6 Å². The molecule has 2 N–H and O–H groups in total. The molecule has 1 heterocycles. The Morgan fingerprint density at radius 2 is 2.11 bits per heavy atom. The van der Waals surface area contributed by atoms with Crippen molar-refractivity contribution >= 4 is 11.8 Å². The van der Waals surface area contributed by atoms with Gasteiger partial charge >= 0.3 is 0 Å². The Balaban J connectivity index is 1.43. The number of hydrogen-bond donors (Lipinski definition) is 2. The third-order valence-electron chi connectivity index (χ3n) is 4.41. The summed E-state index contributed by atoms with van der Waals surface area (Å²) in [7, 11) is 0. The summed E-state index contributed by atoms with van der Waals surface area (Å²) in [4.78, 5) is 25.6. The Morgan fingerprint density at radius 1 is 1.37 bits per heavy atom. The van der Waals surface area contributed by atoms with E-state index in [1.165, 1.54) is 12.8 Å². The van der Waals surface area contributed by atoms with Crippen molar-refractivity contribution in [2.45, 2.75) is 38.2 Å². The molecular weight excluding hydrogens is 244 g/mol. The summed E-state index contributed by atoms with van der Waals surface area (Å²) in [6.07, 6.45) is 4.48. The topological polar surface area (TPSA) is 69.6 Å². The number of aliphatic hydroxyl groups is 1. The highest BCUT2D eigenvalue weighted by Crippen LogP contribution is 2.33. The van der Waals surface area contributed by atoms with Crippen molar-refractivity contribution in [1.29, 1.82) is 0 Å². The summed E-state index contributed by atoms with van der Waals surface area (Å²) in [5, 5.41) is 12.5. The first-order valence-corrected chi connectivity index (χ1v) is 7.37. The second kappa shape index (κ2) is 5.12. The van der Waals surface area contributed by atoms with Gasteiger partial charge in [-0.15, -0.1) is 0 Å². The van der Waals surface area contributed by atoms with Gasteiger partial charge in [0, 0.05) is 26.1 Å². The molecular formula is C14H22N2O3. The molecule has 0 radical (unpaired) electrons. The Kier molecular flexibility index (Phi) is 3.48. The van der Waals surface area contributed by atoms with Crippen LogP contribution < -0.4 is 5.32 Å². The van der Waals surface area contributed by atoms with Crippen molar-refractivity contribution in [3.05, 3.63) is 0 Å². The van der Waals surface area contributed by atoms with Crippen LogP contribution in [0.1, 0.15) is 32.1 Å². The number of nitrogens with one attached hydrogen (secondary N) is 1. The molecule has 1 saturated heterocycles. The minimum Gasteiger partial charge on any atom is -0.391 e. The van der Waals surface area contributed by atoms with Gasteiger partial charge in [0.2, 0.25) is 11.8 Å². The molecule has 5 nitrogen and oxygen atoms in total. The van der Waals surface area contributed by atoms with E-state index in [9.17, 15) is 14.7 Å². The van der Waals surface area contributed by atoms with Gasteiger partial charge in [-0.05, 0) is 37.5 Å². The monoisotopic (exact) mass is 266 g/mol. The van der Waals surface area contributed by atoms with Gasteiger partial charge in [-0.2, -0.15) is 0 Å². The van der Waals surface area contributed by atoms with Crippen LogP contribution in [-0.4, -0.2) is 47.6 Å². The number of amides is 2. The smallest absolute Gasteiger partial charge is 0.225 e. The van der Waals surface area contributed by atoms with Gasteiger partial charge in [0.15, 0.2) is 0 Å². The summed E-state index contributed by atoms with van der Waals surface area (Å²) in [5.41, 5.74) is 0. The average Bonchev–Trinajstić information content (AvgIpc) is 3.25. The summed E-state index contributed by atoms with van der Waals surface area (Å²) in [6.45, 7) is 1.71. The van der Waals surface area contributed by atoms with Gasteiger partial charge < -0.3 is 15.3 Å². The molecule has 2 unspecified atom stereocenters. The third-order valence-corrected chi connectivity index (χ3v) is 4.41. The molecule has 106 valence electrons. The lowest BCUT2D eigenvalue weighted by Crippen LogP contribution is -2.38. The SMILES string of the molecule is O=C(NCC(O)C1CC1)C1CC(=O)N(CC2CC2)C1. The van der Waals surface area contributed by atoms with E-state index in [0.29, 0.717) is 31.3 Å². The molecule has 3 fully saturated rings. The second-order valence-corrected chi connectivity index (χ2v) is 6.29. The van der Waals surface area contributed by atoms with E-state index in [1.807, 2.05) is 4.90 Å². The molecule has 0 spiro atoms. The van der Waals surface area contributed by atoms with Crippen molar-refractivity contribution < 1.29 is 14.7 Å². The molecule has 5 heteroatoms. The highest BCUT2D eigenvalue weighted by atomic mass is 16.3. The van der Waals surface area contributed by atoms with Crippen molar-refractivity contribution in [3.8, 4) is 0 Å². The molecule has 2 aliphatic carbocycles. The highest BCUT2D eigenvalue weighted by Gasteiger charge is 2.37. The average molecular weight is 266 g/mol. The van der Waals surface area contributed by atoms with E-state index < -0.39 is 6.10 Å². The molecule has 3 aliphatic rings. The number of nitrogens with zero attached hydrogens (tertiary/aromatic N) is 1. The van der Waals surface area contributed by atoms with Crippen molar-refractivity contribution in [3.63, 3.8) is 0 Å². The van der Waals surface area contributed by atoms with Crippen LogP contribution in [0.25, 0.3) is 0 Å². The minimum absolute atomic E-state index is 0.0775. The molecule has 0 aromatic carbocycles. The Hall–Kier alpha value is -1.10. The molecule has 19 heavy (non-hydrogen) atoms. The van der Waals surface area contributed by atoms with Crippen LogP contribution in [0.15, 0.2) is 0 Å². The summed E-state index contributed by atoms with van der Waals surface area (Å²) < 4.78 is 0. The second-order valence-electron chi connectivity index (χ2n) is 6.29. The summed E-state index contributed by atoms with van der Waals surface area (Å²) in [5.74, 6) is 0.845. The number of hydrogen-bond acceptors (Lipinski definition) is 3. The Bertz CT molecular complexity index is 377. The number of likely N-dealkylation sites (tertiary alicyclic amines) is 1. The standard InChI is InChI=1S/C14H22N2O3/c17-12(10-3-4-10)6-15-14(19)11-5-13(18)16(8-11)7-9-1-2-9/h9-12,17H,1-8H2,(H,15,19). The van der Waals surface area contributed by atoms with Gasteiger partial charge in [-0.25, -0.2) is 0 Å². The Morgan fingerprint density at radius 3 is 2.74 bits per heavy atom. The minimum atomic E-state index is -0.413. The van der Waals surface area contributed by atoms with Gasteiger partial charge in [0.05, 0.1) is 12.0 Å². The largest absolute Gasteiger partial charge is 0.391 e. The molecule has 0 aromatic rings. The third kappa shape index (κ3) is 3.26. The van der Waals surface area contributed by atoms with Crippen LogP contribution in [0.5, 0.6) is 0 Å². The Labute approximate surface area is 113 Å². The van der Waals surface area contributed by atoms with E-state index >= 15 is 0 Å². The highest BCUT2D eigenvalue weighted by molar-refractivity contribution is 5.89. The first-order valence-electron chi connectivity index (χ1n) is 7.37. The van der Waals surface area contributed by atoms with E-state index in [0.717, 1.165) is 19.4 Å². The number of carbonyl (C=O) groups is 2.